The van der Waals surface area contributed by atoms with Crippen LogP contribution in [0.15, 0.2) is 24.5 Å². The van der Waals surface area contributed by atoms with E-state index in [4.69, 9.17) is 0 Å². The maximum Gasteiger partial charge on any atom is 0.307 e. The van der Waals surface area contributed by atoms with Gasteiger partial charge in [0.05, 0.1) is 6.26 Å². The van der Waals surface area contributed by atoms with Gasteiger partial charge >= 0.3 is 5.97 Å². The number of carbonyl (C=O) groups excluding carboxylic acids is 2. The summed E-state index contributed by atoms with van der Waals surface area (Å²) in [6.07, 6.45) is 6.06. The average molecular weight is 140 g/mol. The molecule has 0 bridgehead atoms. The fraction of sp³-hybridized carbons (Fsp3) is 0.143. The third kappa shape index (κ3) is 6.62. The van der Waals surface area contributed by atoms with E-state index in [1.54, 1.807) is 0 Å². The molecule has 0 aliphatic rings. The molecule has 0 aromatic rings. The third-order valence-corrected chi connectivity index (χ3v) is 0.613. The molecule has 0 N–H and O–H groups in total. The van der Waals surface area contributed by atoms with Crippen LogP contribution in [0.3, 0.4) is 0 Å². The molecule has 0 fully saturated rings. The predicted molar refractivity (Wildman–Crippen MR) is 36.1 cm³/mol. The first-order chi connectivity index (χ1) is 4.77. The van der Waals surface area contributed by atoms with Crippen LogP contribution in [0.4, 0.5) is 0 Å². The maximum absolute atomic E-state index is 10.1. The van der Waals surface area contributed by atoms with Gasteiger partial charge in [-0.2, -0.15) is 0 Å². The minimum Gasteiger partial charge on any atom is -0.435 e. The smallest absolute Gasteiger partial charge is 0.307 e. The lowest BCUT2D eigenvalue weighted by molar-refractivity contribution is -0.135. The Balaban J connectivity index is 3.46. The van der Waals surface area contributed by atoms with Gasteiger partial charge in [-0.05, 0) is 12.2 Å². The highest BCUT2D eigenvalue weighted by atomic mass is 16.5. The highest BCUT2D eigenvalue weighted by Crippen LogP contribution is 1.79. The standard InChI is InChI=1S/C7H8O3/c1-7(9)10-6-4-2-3-5-8/h2-6H,1H3/b3-2+,6-4+. The van der Waals surface area contributed by atoms with E-state index in [0.29, 0.717) is 6.29 Å². The van der Waals surface area contributed by atoms with Gasteiger partial charge in [-0.3, -0.25) is 9.59 Å². The van der Waals surface area contributed by atoms with Gasteiger partial charge < -0.3 is 4.74 Å². The summed E-state index contributed by atoms with van der Waals surface area (Å²) in [4.78, 5) is 19.8. The van der Waals surface area contributed by atoms with Crippen molar-refractivity contribution in [3.05, 3.63) is 24.5 Å². The van der Waals surface area contributed by atoms with Gasteiger partial charge in [0.2, 0.25) is 0 Å². The third-order valence-electron chi connectivity index (χ3n) is 0.613. The Morgan fingerprint density at radius 3 is 2.50 bits per heavy atom. The Bertz CT molecular complexity index is 168. The van der Waals surface area contributed by atoms with Crippen LogP contribution in [0.2, 0.25) is 0 Å². The zero-order chi connectivity index (χ0) is 7.82. The molecule has 3 heteroatoms. The summed E-state index contributed by atoms with van der Waals surface area (Å²) in [7, 11) is 0. The Labute approximate surface area is 59.0 Å². The first-order valence-electron chi connectivity index (χ1n) is 2.71. The summed E-state index contributed by atoms with van der Waals surface area (Å²) in [6, 6.07) is 0. The molecule has 10 heavy (non-hydrogen) atoms. The average Bonchev–Trinajstić information content (AvgIpc) is 1.87. The van der Waals surface area contributed by atoms with Gasteiger partial charge in [-0.1, -0.05) is 6.08 Å². The topological polar surface area (TPSA) is 43.4 Å². The van der Waals surface area contributed by atoms with Crippen molar-refractivity contribution in [1.82, 2.24) is 0 Å². The van der Waals surface area contributed by atoms with E-state index in [1.165, 1.54) is 31.4 Å². The molecule has 3 nitrogen and oxygen atoms in total. The van der Waals surface area contributed by atoms with Crippen molar-refractivity contribution >= 4 is 12.3 Å². The number of hydrogen-bond acceptors (Lipinski definition) is 3. The number of ether oxygens (including phenoxy) is 1. The van der Waals surface area contributed by atoms with Crippen LogP contribution in [-0.4, -0.2) is 12.3 Å². The normalized spacial score (nSPS) is 10.5. The predicted octanol–water partition coefficient (Wildman–Crippen LogP) is 0.818. The molecule has 0 aromatic heterocycles. The summed E-state index contributed by atoms with van der Waals surface area (Å²) in [5.74, 6) is -0.379. The number of aldehydes is 1. The lowest BCUT2D eigenvalue weighted by Gasteiger charge is -1.86. The molecule has 0 aliphatic carbocycles. The molecule has 0 saturated carbocycles. The number of rotatable bonds is 3. The number of esters is 1. The van der Waals surface area contributed by atoms with E-state index in [2.05, 4.69) is 4.74 Å². The van der Waals surface area contributed by atoms with Gasteiger partial charge in [-0.25, -0.2) is 0 Å². The molecule has 0 rings (SSSR count). The molecule has 0 unspecified atom stereocenters. The molecule has 54 valence electrons. The minimum atomic E-state index is -0.379. The molecule has 0 aliphatic heterocycles. The van der Waals surface area contributed by atoms with Crippen molar-refractivity contribution in [1.29, 1.82) is 0 Å². The van der Waals surface area contributed by atoms with E-state index in [0.717, 1.165) is 0 Å². The zero-order valence-electron chi connectivity index (χ0n) is 5.61. The van der Waals surface area contributed by atoms with Crippen molar-refractivity contribution in [3.8, 4) is 0 Å². The SMILES string of the molecule is CC(=O)O/C=C/C=C/C=O. The van der Waals surface area contributed by atoms with E-state index in [9.17, 15) is 9.59 Å². The molecular weight excluding hydrogens is 132 g/mol. The van der Waals surface area contributed by atoms with Crippen LogP contribution in [0, 0.1) is 0 Å². The zero-order valence-corrected chi connectivity index (χ0v) is 5.61. The Hall–Kier alpha value is -1.38. The van der Waals surface area contributed by atoms with Crippen LogP contribution >= 0.6 is 0 Å². The fourth-order valence-corrected chi connectivity index (χ4v) is 0.290. The summed E-state index contributed by atoms with van der Waals surface area (Å²) in [5, 5.41) is 0. The first-order valence-corrected chi connectivity index (χ1v) is 2.71. The van der Waals surface area contributed by atoms with E-state index in [-0.39, 0.29) is 5.97 Å². The number of allylic oxidation sites excluding steroid dienone is 3. The van der Waals surface area contributed by atoms with Crippen LogP contribution < -0.4 is 0 Å². The van der Waals surface area contributed by atoms with E-state index < -0.39 is 0 Å². The second-order valence-electron chi connectivity index (χ2n) is 1.46. The monoisotopic (exact) mass is 140 g/mol. The Kier molecular flexibility index (Phi) is 4.96. The van der Waals surface area contributed by atoms with E-state index in [1.807, 2.05) is 0 Å². The second kappa shape index (κ2) is 5.75. The van der Waals surface area contributed by atoms with Gasteiger partial charge in [0.25, 0.3) is 0 Å². The van der Waals surface area contributed by atoms with Crippen molar-refractivity contribution in [2.45, 2.75) is 6.92 Å². The Morgan fingerprint density at radius 2 is 2.00 bits per heavy atom. The molecule has 0 amide bonds. The highest BCUT2D eigenvalue weighted by Gasteiger charge is 1.81. The van der Waals surface area contributed by atoms with Crippen molar-refractivity contribution < 1.29 is 14.3 Å². The minimum absolute atomic E-state index is 0.379. The van der Waals surface area contributed by atoms with E-state index >= 15 is 0 Å². The maximum atomic E-state index is 10.1. The molecule has 0 radical (unpaired) electrons. The molecule has 0 saturated heterocycles. The van der Waals surface area contributed by atoms with Gasteiger partial charge in [-0.15, -0.1) is 0 Å². The summed E-state index contributed by atoms with van der Waals surface area (Å²) in [5.41, 5.74) is 0. The van der Waals surface area contributed by atoms with Crippen molar-refractivity contribution in [2.24, 2.45) is 0 Å². The van der Waals surface area contributed by atoms with Crippen molar-refractivity contribution in [2.75, 3.05) is 0 Å². The van der Waals surface area contributed by atoms with Gasteiger partial charge in [0.1, 0.15) is 6.29 Å². The van der Waals surface area contributed by atoms with Crippen LogP contribution in [0.25, 0.3) is 0 Å². The Morgan fingerprint density at radius 1 is 1.30 bits per heavy atom. The first kappa shape index (κ1) is 8.62. The van der Waals surface area contributed by atoms with Crippen molar-refractivity contribution in [3.63, 3.8) is 0 Å². The fourth-order valence-electron chi connectivity index (χ4n) is 0.290. The molecule has 0 aromatic carbocycles. The lowest BCUT2D eigenvalue weighted by atomic mass is 10.5. The summed E-state index contributed by atoms with van der Waals surface area (Å²) in [6.45, 7) is 1.30. The van der Waals surface area contributed by atoms with Gasteiger partial charge in [0, 0.05) is 6.92 Å². The summed E-state index contributed by atoms with van der Waals surface area (Å²) < 4.78 is 4.40. The van der Waals surface area contributed by atoms with Crippen LogP contribution in [-0.2, 0) is 14.3 Å². The number of carbonyl (C=O) groups is 2. The van der Waals surface area contributed by atoms with Gasteiger partial charge in [0.15, 0.2) is 0 Å². The molecule has 0 atom stereocenters. The largest absolute Gasteiger partial charge is 0.435 e. The van der Waals surface area contributed by atoms with Crippen LogP contribution in [0.5, 0.6) is 0 Å². The summed E-state index contributed by atoms with van der Waals surface area (Å²) >= 11 is 0. The molecular formula is C7H8O3. The highest BCUT2D eigenvalue weighted by molar-refractivity contribution is 5.67. The molecule has 0 spiro atoms. The van der Waals surface area contributed by atoms with Crippen LogP contribution in [0.1, 0.15) is 6.92 Å². The lowest BCUT2D eigenvalue weighted by Crippen LogP contribution is -1.88. The second-order valence-corrected chi connectivity index (χ2v) is 1.46. The number of hydrogen-bond donors (Lipinski definition) is 0. The molecule has 0 heterocycles. The quantitative estimate of drug-likeness (QED) is 0.191.